The maximum atomic E-state index is 10.5. The zero-order valence-corrected chi connectivity index (χ0v) is 20.4. The van der Waals surface area contributed by atoms with Gasteiger partial charge in [0.1, 0.15) is 0 Å². The Hall–Kier alpha value is -0.900. The number of rotatable bonds is 7. The van der Waals surface area contributed by atoms with Crippen molar-refractivity contribution in [1.29, 1.82) is 0 Å². The monoisotopic (exact) mass is 430 g/mol. The standard InChI is InChI=1S/C28H46O3/c1-19(2)25(31)14-16-27(4,18-29)26-13-12-24-21(7-6-15-28(24,26)5)9-10-22-17-23(30)11-8-20(22)3/h9-10,19,23-26,29-31H,3,6-8,11-18H2,1-2,4-5H3/b21-9?,22-10-/t23-,24?,25-,26+,27+,28-/m0/s1. The van der Waals surface area contributed by atoms with Gasteiger partial charge in [-0.25, -0.2) is 0 Å². The van der Waals surface area contributed by atoms with Gasteiger partial charge in [-0.1, -0.05) is 57.6 Å². The summed E-state index contributed by atoms with van der Waals surface area (Å²) in [6.07, 6.45) is 14.1. The van der Waals surface area contributed by atoms with Crippen molar-refractivity contribution in [2.24, 2.45) is 28.6 Å². The third-order valence-corrected chi connectivity index (χ3v) is 9.14. The molecule has 0 bridgehead atoms. The molecule has 1 unspecified atom stereocenters. The number of hydrogen-bond donors (Lipinski definition) is 3. The lowest BCUT2D eigenvalue weighted by atomic mass is 9.56. The highest BCUT2D eigenvalue weighted by atomic mass is 16.3. The molecule has 3 saturated carbocycles. The summed E-state index contributed by atoms with van der Waals surface area (Å²) in [5.74, 6) is 1.32. The molecule has 3 rings (SSSR count). The lowest BCUT2D eigenvalue weighted by molar-refractivity contribution is -0.0212. The molecular formula is C28H46O3. The zero-order chi connectivity index (χ0) is 22.8. The normalized spacial score (nSPS) is 37.3. The third kappa shape index (κ3) is 5.20. The summed E-state index contributed by atoms with van der Waals surface area (Å²) in [7, 11) is 0. The Morgan fingerprint density at radius 2 is 1.94 bits per heavy atom. The summed E-state index contributed by atoms with van der Waals surface area (Å²) in [5, 5.41) is 30.9. The second-order valence-corrected chi connectivity index (χ2v) is 11.6. The van der Waals surface area contributed by atoms with Gasteiger partial charge in [0.2, 0.25) is 0 Å². The topological polar surface area (TPSA) is 60.7 Å². The summed E-state index contributed by atoms with van der Waals surface area (Å²) in [6.45, 7) is 13.3. The first kappa shape index (κ1) is 24.7. The van der Waals surface area contributed by atoms with Gasteiger partial charge in [0.25, 0.3) is 0 Å². The largest absolute Gasteiger partial charge is 0.396 e. The molecule has 0 aromatic heterocycles. The molecule has 3 heteroatoms. The fraction of sp³-hybridized carbons (Fsp3) is 0.786. The van der Waals surface area contributed by atoms with Crippen molar-refractivity contribution in [2.45, 2.75) is 104 Å². The van der Waals surface area contributed by atoms with Crippen LogP contribution in [0.5, 0.6) is 0 Å². The minimum absolute atomic E-state index is 0.137. The Kier molecular flexibility index (Phi) is 7.92. The molecule has 0 amide bonds. The molecule has 3 aliphatic rings. The van der Waals surface area contributed by atoms with Crippen LogP contribution < -0.4 is 0 Å². The predicted octanol–water partition coefficient (Wildman–Crippen LogP) is 5.95. The summed E-state index contributed by atoms with van der Waals surface area (Å²) in [5.41, 5.74) is 4.03. The van der Waals surface area contributed by atoms with Gasteiger partial charge in [0, 0.05) is 6.61 Å². The van der Waals surface area contributed by atoms with Crippen LogP contribution in [0.2, 0.25) is 0 Å². The first-order valence-corrected chi connectivity index (χ1v) is 12.7. The first-order chi connectivity index (χ1) is 14.6. The highest BCUT2D eigenvalue weighted by molar-refractivity contribution is 5.36. The quantitative estimate of drug-likeness (QED) is 0.467. The van der Waals surface area contributed by atoms with Crippen molar-refractivity contribution in [3.05, 3.63) is 35.5 Å². The van der Waals surface area contributed by atoms with Crippen LogP contribution in [0, 0.1) is 28.6 Å². The molecule has 0 radical (unpaired) electrons. The van der Waals surface area contributed by atoms with Crippen molar-refractivity contribution in [2.75, 3.05) is 6.61 Å². The van der Waals surface area contributed by atoms with Crippen molar-refractivity contribution in [1.82, 2.24) is 0 Å². The van der Waals surface area contributed by atoms with Crippen LogP contribution in [0.3, 0.4) is 0 Å². The summed E-state index contributed by atoms with van der Waals surface area (Å²) < 4.78 is 0. The van der Waals surface area contributed by atoms with Gasteiger partial charge in [0.05, 0.1) is 12.2 Å². The molecule has 0 aliphatic heterocycles. The highest BCUT2D eigenvalue weighted by Gasteiger charge is 2.54. The van der Waals surface area contributed by atoms with Gasteiger partial charge in [-0.05, 0) is 98.4 Å². The van der Waals surface area contributed by atoms with Crippen LogP contribution >= 0.6 is 0 Å². The van der Waals surface area contributed by atoms with Crippen LogP contribution in [0.15, 0.2) is 35.5 Å². The average molecular weight is 431 g/mol. The zero-order valence-electron chi connectivity index (χ0n) is 20.4. The second-order valence-electron chi connectivity index (χ2n) is 11.6. The van der Waals surface area contributed by atoms with Crippen LogP contribution in [-0.4, -0.2) is 34.1 Å². The maximum absolute atomic E-state index is 10.5. The van der Waals surface area contributed by atoms with Gasteiger partial charge in [-0.15, -0.1) is 0 Å². The van der Waals surface area contributed by atoms with E-state index in [1.165, 1.54) is 30.4 Å². The third-order valence-electron chi connectivity index (χ3n) is 9.14. The lowest BCUT2D eigenvalue weighted by Crippen LogP contribution is -2.43. The molecule has 0 heterocycles. The Morgan fingerprint density at radius 3 is 2.61 bits per heavy atom. The van der Waals surface area contributed by atoms with E-state index in [1.54, 1.807) is 5.57 Å². The van der Waals surface area contributed by atoms with E-state index in [2.05, 4.69) is 46.4 Å². The fourth-order valence-corrected chi connectivity index (χ4v) is 6.95. The van der Waals surface area contributed by atoms with E-state index in [9.17, 15) is 15.3 Å². The van der Waals surface area contributed by atoms with Gasteiger partial charge < -0.3 is 15.3 Å². The van der Waals surface area contributed by atoms with E-state index in [1.807, 2.05) is 0 Å². The molecule has 176 valence electrons. The molecule has 0 aromatic carbocycles. The molecule has 3 N–H and O–H groups in total. The molecule has 3 aliphatic carbocycles. The minimum atomic E-state index is -0.289. The number of fused-ring (bicyclic) bond motifs is 1. The van der Waals surface area contributed by atoms with E-state index < -0.39 is 0 Å². The van der Waals surface area contributed by atoms with Crippen molar-refractivity contribution < 1.29 is 15.3 Å². The predicted molar refractivity (Wildman–Crippen MR) is 129 cm³/mol. The summed E-state index contributed by atoms with van der Waals surface area (Å²) in [6, 6.07) is 0. The van der Waals surface area contributed by atoms with E-state index in [-0.39, 0.29) is 35.6 Å². The Morgan fingerprint density at radius 1 is 1.19 bits per heavy atom. The van der Waals surface area contributed by atoms with Gasteiger partial charge in [-0.2, -0.15) is 0 Å². The maximum Gasteiger partial charge on any atom is 0.0583 e. The lowest BCUT2D eigenvalue weighted by Gasteiger charge is -2.49. The van der Waals surface area contributed by atoms with Crippen LogP contribution in [0.25, 0.3) is 0 Å². The van der Waals surface area contributed by atoms with Crippen molar-refractivity contribution in [3.8, 4) is 0 Å². The molecule has 0 spiro atoms. The average Bonchev–Trinajstić information content (AvgIpc) is 3.10. The van der Waals surface area contributed by atoms with Crippen LogP contribution in [0.1, 0.15) is 91.9 Å². The Balaban J connectivity index is 1.79. The van der Waals surface area contributed by atoms with E-state index in [4.69, 9.17) is 0 Å². The SMILES string of the molecule is C=C1CC[C@H](O)C/C1=C/C=C1CCC[C@@]2(C)C1CC[C@@H]2[C@@](C)(CO)CC[C@H](O)C(C)C. The van der Waals surface area contributed by atoms with Crippen LogP contribution in [0.4, 0.5) is 0 Å². The first-order valence-electron chi connectivity index (χ1n) is 12.7. The smallest absolute Gasteiger partial charge is 0.0583 e. The van der Waals surface area contributed by atoms with Crippen LogP contribution in [-0.2, 0) is 0 Å². The van der Waals surface area contributed by atoms with Gasteiger partial charge in [-0.3, -0.25) is 0 Å². The van der Waals surface area contributed by atoms with E-state index in [0.29, 0.717) is 11.8 Å². The van der Waals surface area contributed by atoms with E-state index in [0.717, 1.165) is 44.9 Å². The molecule has 0 saturated heterocycles. The van der Waals surface area contributed by atoms with Crippen molar-refractivity contribution >= 4 is 0 Å². The summed E-state index contributed by atoms with van der Waals surface area (Å²) >= 11 is 0. The molecule has 3 fully saturated rings. The minimum Gasteiger partial charge on any atom is -0.396 e. The molecule has 0 aromatic rings. The Bertz CT molecular complexity index is 705. The molecular weight excluding hydrogens is 384 g/mol. The van der Waals surface area contributed by atoms with Crippen molar-refractivity contribution in [3.63, 3.8) is 0 Å². The second kappa shape index (κ2) is 9.93. The molecule has 31 heavy (non-hydrogen) atoms. The number of hydrogen-bond acceptors (Lipinski definition) is 3. The van der Waals surface area contributed by atoms with Gasteiger partial charge >= 0.3 is 0 Å². The number of aliphatic hydroxyl groups is 3. The van der Waals surface area contributed by atoms with Gasteiger partial charge in [0.15, 0.2) is 0 Å². The summed E-state index contributed by atoms with van der Waals surface area (Å²) in [4.78, 5) is 0. The molecule has 3 nitrogen and oxygen atoms in total. The number of aliphatic hydroxyl groups excluding tert-OH is 3. The fourth-order valence-electron chi connectivity index (χ4n) is 6.95. The highest BCUT2D eigenvalue weighted by Crippen LogP contribution is 2.62. The number of allylic oxidation sites excluding steroid dienone is 4. The molecule has 6 atom stereocenters. The van der Waals surface area contributed by atoms with E-state index >= 15 is 0 Å². The Labute approximate surface area is 190 Å².